The van der Waals surface area contributed by atoms with Gasteiger partial charge < -0.3 is 0 Å². The van der Waals surface area contributed by atoms with E-state index >= 15 is 0 Å². The molecule has 0 saturated carbocycles. The second-order valence-electron chi connectivity index (χ2n) is 5.14. The molecule has 2 aromatic carbocycles. The van der Waals surface area contributed by atoms with Crippen molar-refractivity contribution in [2.75, 3.05) is 0 Å². The molecule has 0 radical (unpaired) electrons. The molecular weight excluding hydrogens is 364 g/mol. The summed E-state index contributed by atoms with van der Waals surface area (Å²) in [4.78, 5) is 0.242. The average Bonchev–Trinajstić information content (AvgIpc) is 2.41. The van der Waals surface area contributed by atoms with Gasteiger partial charge in [0.25, 0.3) is 0 Å². The van der Waals surface area contributed by atoms with Crippen LogP contribution in [0.5, 0.6) is 0 Å². The normalized spacial score (nSPS) is 12.7. The lowest BCUT2D eigenvalue weighted by molar-refractivity contribution is 0.865. The highest BCUT2D eigenvalue weighted by molar-refractivity contribution is 9.10. The van der Waals surface area contributed by atoms with E-state index in [0.29, 0.717) is 5.92 Å². The molecule has 1 unspecified atom stereocenters. The Balaban J connectivity index is 2.33. The fourth-order valence-electron chi connectivity index (χ4n) is 2.13. The van der Waals surface area contributed by atoms with Crippen LogP contribution in [-0.4, -0.2) is 0 Å². The van der Waals surface area contributed by atoms with Crippen LogP contribution < -0.4 is 0 Å². The molecule has 0 nitrogen and oxygen atoms in total. The van der Waals surface area contributed by atoms with Gasteiger partial charge in [-0.05, 0) is 41.2 Å². The van der Waals surface area contributed by atoms with Crippen molar-refractivity contribution in [1.82, 2.24) is 0 Å². The second-order valence-corrected chi connectivity index (χ2v) is 6.91. The predicted octanol–water partition coefficient (Wildman–Crippen LogP) is 6.37. The molecule has 100 valence electrons. The summed E-state index contributed by atoms with van der Waals surface area (Å²) in [5.74, 6) is 0.579. The van der Waals surface area contributed by atoms with Crippen molar-refractivity contribution in [2.24, 2.45) is 0 Å². The SMILES string of the molecule is Cc1c(Br)cccc1C(Br)c1ccc(C(C)C)cc1. The van der Waals surface area contributed by atoms with Crippen LogP contribution in [0.2, 0.25) is 0 Å². The van der Waals surface area contributed by atoms with Crippen molar-refractivity contribution in [2.45, 2.75) is 31.5 Å². The third-order valence-corrected chi connectivity index (χ3v) is 5.36. The number of rotatable bonds is 3. The predicted molar refractivity (Wildman–Crippen MR) is 90.2 cm³/mol. The Morgan fingerprint density at radius 2 is 1.47 bits per heavy atom. The van der Waals surface area contributed by atoms with Crippen LogP contribution >= 0.6 is 31.9 Å². The van der Waals surface area contributed by atoms with Crippen molar-refractivity contribution in [3.63, 3.8) is 0 Å². The first-order valence-electron chi connectivity index (χ1n) is 6.49. The number of hydrogen-bond donors (Lipinski definition) is 0. The number of hydrogen-bond acceptors (Lipinski definition) is 0. The molecule has 1 atom stereocenters. The number of halogens is 2. The van der Waals surface area contributed by atoms with Crippen LogP contribution in [0, 0.1) is 6.92 Å². The monoisotopic (exact) mass is 380 g/mol. The van der Waals surface area contributed by atoms with Gasteiger partial charge in [0.2, 0.25) is 0 Å². The summed E-state index contributed by atoms with van der Waals surface area (Å²) in [5, 5.41) is 0. The van der Waals surface area contributed by atoms with Crippen LogP contribution in [0.25, 0.3) is 0 Å². The van der Waals surface area contributed by atoms with Crippen LogP contribution in [0.15, 0.2) is 46.9 Å². The zero-order chi connectivity index (χ0) is 14.0. The molecule has 0 N–H and O–H groups in total. The first-order chi connectivity index (χ1) is 9.00. The first-order valence-corrected chi connectivity index (χ1v) is 8.20. The zero-order valence-electron chi connectivity index (χ0n) is 11.5. The molecule has 0 amide bonds. The number of alkyl halides is 1. The Bertz CT molecular complexity index is 556. The lowest BCUT2D eigenvalue weighted by Crippen LogP contribution is -1.97. The van der Waals surface area contributed by atoms with Gasteiger partial charge in [0.15, 0.2) is 0 Å². The molecule has 0 aliphatic heterocycles. The zero-order valence-corrected chi connectivity index (χ0v) is 14.6. The average molecular weight is 382 g/mol. The van der Waals surface area contributed by atoms with Gasteiger partial charge in [0.05, 0.1) is 4.83 Å². The molecule has 0 aliphatic rings. The van der Waals surface area contributed by atoms with E-state index in [4.69, 9.17) is 0 Å². The highest BCUT2D eigenvalue weighted by Gasteiger charge is 2.14. The summed E-state index contributed by atoms with van der Waals surface area (Å²) < 4.78 is 1.16. The van der Waals surface area contributed by atoms with Gasteiger partial charge in [-0.2, -0.15) is 0 Å². The standard InChI is InChI=1S/C17H18Br2/c1-11(2)13-7-9-14(10-8-13)17(19)15-5-4-6-16(18)12(15)3/h4-11,17H,1-3H3. The summed E-state index contributed by atoms with van der Waals surface area (Å²) in [5.41, 5.74) is 5.28. The molecule has 0 spiro atoms. The van der Waals surface area contributed by atoms with Crippen molar-refractivity contribution < 1.29 is 0 Å². The molecule has 0 fully saturated rings. The Hall–Kier alpha value is -0.600. The highest BCUT2D eigenvalue weighted by Crippen LogP contribution is 2.35. The van der Waals surface area contributed by atoms with Gasteiger partial charge >= 0.3 is 0 Å². The molecule has 19 heavy (non-hydrogen) atoms. The van der Waals surface area contributed by atoms with E-state index in [0.717, 1.165) is 4.47 Å². The lowest BCUT2D eigenvalue weighted by atomic mass is 9.97. The largest absolute Gasteiger partial charge is 0.0786 e. The minimum absolute atomic E-state index is 0.242. The fourth-order valence-corrected chi connectivity index (χ4v) is 3.31. The van der Waals surface area contributed by atoms with E-state index < -0.39 is 0 Å². The van der Waals surface area contributed by atoms with Crippen molar-refractivity contribution in [3.05, 3.63) is 69.2 Å². The van der Waals surface area contributed by atoms with Gasteiger partial charge in [-0.1, -0.05) is 82.1 Å². The molecule has 2 heteroatoms. The van der Waals surface area contributed by atoms with Gasteiger partial charge in [-0.25, -0.2) is 0 Å². The summed E-state index contributed by atoms with van der Waals surface area (Å²) in [7, 11) is 0. The van der Waals surface area contributed by atoms with Crippen molar-refractivity contribution in [3.8, 4) is 0 Å². The van der Waals surface area contributed by atoms with E-state index in [2.05, 4.69) is 95.1 Å². The van der Waals surface area contributed by atoms with Gasteiger partial charge in [-0.3, -0.25) is 0 Å². The van der Waals surface area contributed by atoms with E-state index in [1.54, 1.807) is 0 Å². The van der Waals surface area contributed by atoms with E-state index in [1.807, 2.05) is 0 Å². The topological polar surface area (TPSA) is 0 Å². The summed E-state index contributed by atoms with van der Waals surface area (Å²) in [6.07, 6.45) is 0. The Labute approximate surface area is 132 Å². The molecule has 0 heterocycles. The molecular formula is C17H18Br2. The maximum absolute atomic E-state index is 3.82. The first kappa shape index (κ1) is 14.8. The van der Waals surface area contributed by atoms with Gasteiger partial charge in [-0.15, -0.1) is 0 Å². The summed E-state index contributed by atoms with van der Waals surface area (Å²) in [6, 6.07) is 15.2. The van der Waals surface area contributed by atoms with Crippen LogP contribution in [0.4, 0.5) is 0 Å². The van der Waals surface area contributed by atoms with Gasteiger partial charge in [0.1, 0.15) is 0 Å². The molecule has 2 rings (SSSR count). The quantitative estimate of drug-likeness (QED) is 0.542. The maximum atomic E-state index is 3.82. The summed E-state index contributed by atoms with van der Waals surface area (Å²) in [6.45, 7) is 6.59. The molecule has 0 aliphatic carbocycles. The van der Waals surface area contributed by atoms with Crippen LogP contribution in [-0.2, 0) is 0 Å². The molecule has 0 bridgehead atoms. The molecule has 0 aromatic heterocycles. The molecule has 2 aromatic rings. The van der Waals surface area contributed by atoms with Crippen LogP contribution in [0.3, 0.4) is 0 Å². The minimum atomic E-state index is 0.242. The third kappa shape index (κ3) is 3.29. The number of benzene rings is 2. The second kappa shape index (κ2) is 6.23. The lowest BCUT2D eigenvalue weighted by Gasteiger charge is -2.15. The highest BCUT2D eigenvalue weighted by atomic mass is 79.9. The van der Waals surface area contributed by atoms with E-state index in [1.165, 1.54) is 22.3 Å². The van der Waals surface area contributed by atoms with Gasteiger partial charge in [0, 0.05) is 4.47 Å². The summed E-state index contributed by atoms with van der Waals surface area (Å²) >= 11 is 7.42. The maximum Gasteiger partial charge on any atom is 0.0647 e. The van der Waals surface area contributed by atoms with Crippen molar-refractivity contribution in [1.29, 1.82) is 0 Å². The van der Waals surface area contributed by atoms with Crippen molar-refractivity contribution >= 4 is 31.9 Å². The Morgan fingerprint density at radius 1 is 0.895 bits per heavy atom. The third-order valence-electron chi connectivity index (χ3n) is 3.48. The Morgan fingerprint density at radius 3 is 2.05 bits per heavy atom. The van der Waals surface area contributed by atoms with Crippen LogP contribution in [0.1, 0.15) is 46.8 Å². The van der Waals surface area contributed by atoms with E-state index in [-0.39, 0.29) is 4.83 Å². The minimum Gasteiger partial charge on any atom is -0.0786 e. The molecule has 0 saturated heterocycles. The Kier molecular flexibility index (Phi) is 4.86. The van der Waals surface area contributed by atoms with E-state index in [9.17, 15) is 0 Å². The fraction of sp³-hybridized carbons (Fsp3) is 0.294. The smallest absolute Gasteiger partial charge is 0.0647 e.